The smallest absolute Gasteiger partial charge is 0.228 e. The Kier molecular flexibility index (Phi) is 5.98. The van der Waals surface area contributed by atoms with Crippen LogP contribution in [-0.2, 0) is 14.3 Å². The van der Waals surface area contributed by atoms with E-state index in [9.17, 15) is 9.59 Å². The van der Waals surface area contributed by atoms with Crippen LogP contribution < -0.4 is 9.64 Å². The number of amides is 2. The molecule has 1 atom stereocenters. The van der Waals surface area contributed by atoms with Crippen LogP contribution >= 0.6 is 0 Å². The third kappa shape index (κ3) is 4.09. The van der Waals surface area contributed by atoms with Crippen LogP contribution in [0.25, 0.3) is 0 Å². The minimum Gasteiger partial charge on any atom is -0.497 e. The predicted octanol–water partition coefficient (Wildman–Crippen LogP) is 0.839. The average Bonchev–Trinajstić information content (AvgIpc) is 3.06. The third-order valence-corrected chi connectivity index (χ3v) is 5.16. The Bertz CT molecular complexity index is 626. The SMILES string of the molecule is COCCN1CC(C(=O)N2CCN(c3ccc(OC)cc3)CC2)CC1=O. The zero-order valence-electron chi connectivity index (χ0n) is 15.5. The summed E-state index contributed by atoms with van der Waals surface area (Å²) in [7, 11) is 3.27. The first-order valence-electron chi connectivity index (χ1n) is 9.07. The summed E-state index contributed by atoms with van der Waals surface area (Å²) in [5.41, 5.74) is 1.14. The number of nitrogens with zero attached hydrogens (tertiary/aromatic N) is 3. The molecular weight excluding hydrogens is 334 g/mol. The van der Waals surface area contributed by atoms with Gasteiger partial charge in [-0.3, -0.25) is 9.59 Å². The Labute approximate surface area is 154 Å². The second-order valence-corrected chi connectivity index (χ2v) is 6.74. The normalized spacial score (nSPS) is 20.6. The van der Waals surface area contributed by atoms with Gasteiger partial charge >= 0.3 is 0 Å². The maximum absolute atomic E-state index is 12.8. The minimum absolute atomic E-state index is 0.0530. The van der Waals surface area contributed by atoms with Crippen molar-refractivity contribution in [1.82, 2.24) is 9.80 Å². The van der Waals surface area contributed by atoms with Crippen molar-refractivity contribution in [2.45, 2.75) is 6.42 Å². The zero-order valence-corrected chi connectivity index (χ0v) is 15.5. The number of ether oxygens (including phenoxy) is 2. The van der Waals surface area contributed by atoms with E-state index in [2.05, 4.69) is 4.90 Å². The molecule has 1 unspecified atom stereocenters. The first-order valence-corrected chi connectivity index (χ1v) is 9.07. The van der Waals surface area contributed by atoms with Gasteiger partial charge in [-0.2, -0.15) is 0 Å². The molecule has 2 aliphatic rings. The number of carbonyl (C=O) groups is 2. The van der Waals surface area contributed by atoms with Gasteiger partial charge in [-0.25, -0.2) is 0 Å². The third-order valence-electron chi connectivity index (χ3n) is 5.16. The average molecular weight is 361 g/mol. The second kappa shape index (κ2) is 8.40. The number of methoxy groups -OCH3 is 2. The van der Waals surface area contributed by atoms with Crippen LogP contribution in [0, 0.1) is 5.92 Å². The molecule has 0 bridgehead atoms. The monoisotopic (exact) mass is 361 g/mol. The van der Waals surface area contributed by atoms with Gasteiger partial charge in [-0.15, -0.1) is 0 Å². The molecule has 2 saturated heterocycles. The lowest BCUT2D eigenvalue weighted by Crippen LogP contribution is -2.50. The molecule has 7 nitrogen and oxygen atoms in total. The summed E-state index contributed by atoms with van der Waals surface area (Å²) in [5.74, 6) is 0.781. The van der Waals surface area contributed by atoms with Gasteiger partial charge in [0.05, 0.1) is 19.6 Å². The van der Waals surface area contributed by atoms with Gasteiger partial charge in [0.1, 0.15) is 5.75 Å². The first kappa shape index (κ1) is 18.5. The molecule has 0 aliphatic carbocycles. The summed E-state index contributed by atoms with van der Waals surface area (Å²) >= 11 is 0. The number of benzene rings is 1. The Balaban J connectivity index is 1.51. The maximum atomic E-state index is 12.8. The van der Waals surface area contributed by atoms with Crippen molar-refractivity contribution in [3.05, 3.63) is 24.3 Å². The second-order valence-electron chi connectivity index (χ2n) is 6.74. The number of likely N-dealkylation sites (tertiary alicyclic amines) is 1. The fourth-order valence-corrected chi connectivity index (χ4v) is 3.59. The Morgan fingerprint density at radius 3 is 2.42 bits per heavy atom. The van der Waals surface area contributed by atoms with E-state index in [0.717, 1.165) is 24.5 Å². The summed E-state index contributed by atoms with van der Waals surface area (Å²) in [4.78, 5) is 30.7. The number of piperazine rings is 1. The Hall–Kier alpha value is -2.28. The molecular formula is C19H27N3O4. The predicted molar refractivity (Wildman–Crippen MR) is 98.4 cm³/mol. The maximum Gasteiger partial charge on any atom is 0.228 e. The van der Waals surface area contributed by atoms with E-state index in [0.29, 0.717) is 39.2 Å². The molecule has 2 amide bonds. The Morgan fingerprint density at radius 2 is 1.81 bits per heavy atom. The molecule has 1 aromatic carbocycles. The lowest BCUT2D eigenvalue weighted by Gasteiger charge is -2.37. The van der Waals surface area contributed by atoms with Crippen LogP contribution in [0.5, 0.6) is 5.75 Å². The molecule has 0 saturated carbocycles. The standard InChI is InChI=1S/C19H27N3O4/c1-25-12-11-22-14-15(13-18(22)23)19(24)21-9-7-20(8-10-21)16-3-5-17(26-2)6-4-16/h3-6,15H,7-14H2,1-2H3. The van der Waals surface area contributed by atoms with Crippen molar-refractivity contribution in [2.24, 2.45) is 5.92 Å². The molecule has 3 rings (SSSR count). The van der Waals surface area contributed by atoms with Gasteiger partial charge in [0.25, 0.3) is 0 Å². The summed E-state index contributed by atoms with van der Waals surface area (Å²) in [6.45, 7) is 4.55. The number of hydrogen-bond acceptors (Lipinski definition) is 5. The van der Waals surface area contributed by atoms with Crippen molar-refractivity contribution >= 4 is 17.5 Å². The zero-order chi connectivity index (χ0) is 18.5. The number of carbonyl (C=O) groups excluding carboxylic acids is 2. The highest BCUT2D eigenvalue weighted by Gasteiger charge is 2.37. The van der Waals surface area contributed by atoms with Crippen LogP contribution in [0.1, 0.15) is 6.42 Å². The summed E-state index contributed by atoms with van der Waals surface area (Å²) in [5, 5.41) is 0. The van der Waals surface area contributed by atoms with Crippen molar-refractivity contribution in [3.63, 3.8) is 0 Å². The van der Waals surface area contributed by atoms with Gasteiger partial charge in [0.2, 0.25) is 11.8 Å². The molecule has 7 heteroatoms. The van der Waals surface area contributed by atoms with Crippen LogP contribution in [0.3, 0.4) is 0 Å². The largest absolute Gasteiger partial charge is 0.497 e. The highest BCUT2D eigenvalue weighted by atomic mass is 16.5. The summed E-state index contributed by atoms with van der Waals surface area (Å²) in [6.07, 6.45) is 0.321. The van der Waals surface area contributed by atoms with E-state index in [4.69, 9.17) is 9.47 Å². The van der Waals surface area contributed by atoms with E-state index in [1.165, 1.54) is 0 Å². The van der Waals surface area contributed by atoms with E-state index in [1.54, 1.807) is 19.1 Å². The van der Waals surface area contributed by atoms with Crippen molar-refractivity contribution in [1.29, 1.82) is 0 Å². The van der Waals surface area contributed by atoms with Gasteiger partial charge < -0.3 is 24.2 Å². The van der Waals surface area contributed by atoms with Crippen LogP contribution in [0.15, 0.2) is 24.3 Å². The molecule has 0 aromatic heterocycles. The van der Waals surface area contributed by atoms with E-state index in [-0.39, 0.29) is 17.7 Å². The van der Waals surface area contributed by atoms with Gasteiger partial charge in [-0.1, -0.05) is 0 Å². The molecule has 2 heterocycles. The Morgan fingerprint density at radius 1 is 1.12 bits per heavy atom. The molecule has 2 aliphatic heterocycles. The van der Waals surface area contributed by atoms with Crippen LogP contribution in [0.2, 0.25) is 0 Å². The fraction of sp³-hybridized carbons (Fsp3) is 0.579. The first-order chi connectivity index (χ1) is 12.6. The van der Waals surface area contributed by atoms with Crippen LogP contribution in [-0.4, -0.2) is 81.7 Å². The van der Waals surface area contributed by atoms with E-state index in [1.807, 2.05) is 29.2 Å². The minimum atomic E-state index is -0.216. The van der Waals surface area contributed by atoms with Gasteiger partial charge in [0, 0.05) is 58.5 Å². The van der Waals surface area contributed by atoms with Crippen molar-refractivity contribution in [3.8, 4) is 5.75 Å². The fourth-order valence-electron chi connectivity index (χ4n) is 3.59. The van der Waals surface area contributed by atoms with E-state index >= 15 is 0 Å². The lowest BCUT2D eigenvalue weighted by atomic mass is 10.1. The van der Waals surface area contributed by atoms with E-state index < -0.39 is 0 Å². The molecule has 2 fully saturated rings. The van der Waals surface area contributed by atoms with Crippen molar-refractivity contribution in [2.75, 3.05) is 65.0 Å². The molecule has 0 radical (unpaired) electrons. The summed E-state index contributed by atoms with van der Waals surface area (Å²) in [6, 6.07) is 7.98. The lowest BCUT2D eigenvalue weighted by molar-refractivity contribution is -0.136. The number of rotatable bonds is 6. The quantitative estimate of drug-likeness (QED) is 0.751. The topological polar surface area (TPSA) is 62.3 Å². The van der Waals surface area contributed by atoms with Crippen LogP contribution in [0.4, 0.5) is 5.69 Å². The highest BCUT2D eigenvalue weighted by molar-refractivity contribution is 5.89. The number of hydrogen-bond donors (Lipinski definition) is 0. The molecule has 142 valence electrons. The molecule has 0 spiro atoms. The highest BCUT2D eigenvalue weighted by Crippen LogP contribution is 2.23. The summed E-state index contributed by atoms with van der Waals surface area (Å²) < 4.78 is 10.2. The van der Waals surface area contributed by atoms with Gasteiger partial charge in [-0.05, 0) is 24.3 Å². The molecule has 0 N–H and O–H groups in total. The number of anilines is 1. The molecule has 1 aromatic rings. The molecule has 26 heavy (non-hydrogen) atoms. The van der Waals surface area contributed by atoms with Gasteiger partial charge in [0.15, 0.2) is 0 Å². The van der Waals surface area contributed by atoms with Crippen molar-refractivity contribution < 1.29 is 19.1 Å².